The van der Waals surface area contributed by atoms with Gasteiger partial charge in [0.2, 0.25) is 0 Å². The van der Waals surface area contributed by atoms with E-state index in [1.54, 1.807) is 0 Å². The van der Waals surface area contributed by atoms with Gasteiger partial charge in [-0.2, -0.15) is 0 Å². The number of hydrogen-bond acceptors (Lipinski definition) is 5. The average Bonchev–Trinajstić information content (AvgIpc) is 2.44. The molecule has 0 spiro atoms. The molecule has 0 aromatic rings. The minimum Gasteiger partial charge on any atom is -0.387 e. The van der Waals surface area contributed by atoms with E-state index >= 15 is 0 Å². The summed E-state index contributed by atoms with van der Waals surface area (Å²) in [5.41, 5.74) is 0. The molecule has 14 heavy (non-hydrogen) atoms. The van der Waals surface area contributed by atoms with Crippen molar-refractivity contribution in [2.24, 2.45) is 0 Å². The summed E-state index contributed by atoms with van der Waals surface area (Å²) in [6.07, 6.45) is -2.39. The van der Waals surface area contributed by atoms with Gasteiger partial charge in [-0.25, -0.2) is 0 Å². The number of rotatable bonds is 1. The van der Waals surface area contributed by atoms with Crippen LogP contribution in [0.4, 0.5) is 0 Å². The first-order valence-corrected chi connectivity index (χ1v) is 5.11. The van der Waals surface area contributed by atoms with Crippen LogP contribution in [0.15, 0.2) is 0 Å². The lowest BCUT2D eigenvalue weighted by molar-refractivity contribution is -0.328. The predicted octanol–water partition coefficient (Wildman–Crippen LogP) is -0.0247. The Morgan fingerprint density at radius 3 is 2.79 bits per heavy atom. The minimum atomic E-state index is -1.48. The van der Waals surface area contributed by atoms with Crippen LogP contribution >= 0.6 is 23.2 Å². The van der Waals surface area contributed by atoms with Crippen molar-refractivity contribution in [1.82, 2.24) is 0 Å². The van der Waals surface area contributed by atoms with Gasteiger partial charge in [0, 0.05) is 0 Å². The Kier molecular flexibility index (Phi) is 2.02. The fraction of sp³-hybridized carbons (Fsp3) is 1.00. The third kappa shape index (κ3) is 1.09. The maximum Gasteiger partial charge on any atom is 0.317 e. The number of fused-ring (bicyclic) bond motifs is 1. The second kappa shape index (κ2) is 2.95. The Morgan fingerprint density at radius 2 is 2.14 bits per heavy atom. The van der Waals surface area contributed by atoms with Gasteiger partial charge >= 0.3 is 5.97 Å². The molecule has 0 radical (unpaired) electrons. The summed E-state index contributed by atoms with van der Waals surface area (Å²) in [7, 11) is 0. The van der Waals surface area contributed by atoms with Gasteiger partial charge in [0.1, 0.15) is 18.3 Å². The lowest BCUT2D eigenvalue weighted by Crippen LogP contribution is -2.40. The molecule has 0 amide bonds. The summed E-state index contributed by atoms with van der Waals surface area (Å²) in [5, 5.41) is 9.69. The molecule has 80 valence electrons. The van der Waals surface area contributed by atoms with Crippen molar-refractivity contribution < 1.29 is 24.1 Å². The number of alkyl halides is 2. The van der Waals surface area contributed by atoms with Crippen molar-refractivity contribution in [2.45, 2.75) is 35.4 Å². The molecule has 7 heteroatoms. The zero-order chi connectivity index (χ0) is 9.92. The first-order valence-electron chi connectivity index (χ1n) is 4.24. The van der Waals surface area contributed by atoms with Gasteiger partial charge < -0.3 is 19.3 Å². The molecule has 4 bridgehead atoms. The van der Waals surface area contributed by atoms with Gasteiger partial charge in [-0.05, 0) is 0 Å². The Labute approximate surface area is 89.8 Å². The Hall–Kier alpha value is 0.380. The van der Waals surface area contributed by atoms with E-state index in [1.165, 1.54) is 0 Å². The van der Waals surface area contributed by atoms with E-state index in [-0.39, 0.29) is 6.61 Å². The van der Waals surface area contributed by atoms with Crippen molar-refractivity contribution in [3.8, 4) is 0 Å². The van der Waals surface area contributed by atoms with E-state index < -0.39 is 35.4 Å². The molecule has 1 N–H and O–H groups in total. The lowest BCUT2D eigenvalue weighted by atomic mass is 10.1. The third-order valence-corrected chi connectivity index (χ3v) is 3.13. The molecule has 0 aliphatic carbocycles. The van der Waals surface area contributed by atoms with Crippen LogP contribution in [0.1, 0.15) is 0 Å². The number of hydrogen-bond donors (Lipinski definition) is 1. The predicted molar refractivity (Wildman–Crippen MR) is 44.8 cm³/mol. The summed E-state index contributed by atoms with van der Waals surface area (Å²) >= 11 is 11.4. The van der Waals surface area contributed by atoms with Gasteiger partial charge in [-0.15, -0.1) is 0 Å². The van der Waals surface area contributed by atoms with Gasteiger partial charge in [0.15, 0.2) is 11.1 Å². The van der Waals surface area contributed by atoms with E-state index in [2.05, 4.69) is 0 Å². The first kappa shape index (κ1) is 9.59. The minimum absolute atomic E-state index is 0.157. The largest absolute Gasteiger partial charge is 0.387 e. The quantitative estimate of drug-likeness (QED) is 0.655. The fourth-order valence-corrected chi connectivity index (χ4v) is 2.20. The Balaban J connectivity index is 1.95. The highest BCUT2D eigenvalue weighted by Crippen LogP contribution is 2.45. The summed E-state index contributed by atoms with van der Waals surface area (Å²) in [6, 6.07) is 0. The highest BCUT2D eigenvalue weighted by Gasteiger charge is 2.64. The molecule has 0 saturated carbocycles. The zero-order valence-electron chi connectivity index (χ0n) is 6.93. The van der Waals surface area contributed by atoms with Crippen LogP contribution in [0.25, 0.3) is 0 Å². The van der Waals surface area contributed by atoms with E-state index in [4.69, 9.17) is 42.1 Å². The maximum atomic E-state index is 9.69. The molecule has 4 saturated heterocycles. The van der Waals surface area contributed by atoms with Crippen LogP contribution in [0.5, 0.6) is 0 Å². The molecule has 5 nitrogen and oxygen atoms in total. The third-order valence-electron chi connectivity index (χ3n) is 2.59. The van der Waals surface area contributed by atoms with E-state index in [1.807, 2.05) is 0 Å². The molecular formula is C7H8Cl2O5. The summed E-state index contributed by atoms with van der Waals surface area (Å²) in [5.74, 6) is -1.48. The van der Waals surface area contributed by atoms with Gasteiger partial charge in [-0.3, -0.25) is 4.74 Å². The molecule has 4 aliphatic heterocycles. The normalized spacial score (nSPS) is 55.7. The SMILES string of the molecule is O[C@H]1[C@@H]2O[C@]3(C(Cl)Cl)OC[C@H]1O[C@H]2O3. The number of aliphatic hydroxyl groups is 1. The molecule has 0 aromatic heterocycles. The summed E-state index contributed by atoms with van der Waals surface area (Å²) in [6.45, 7) is 0.157. The van der Waals surface area contributed by atoms with Gasteiger partial charge in [0.25, 0.3) is 0 Å². The van der Waals surface area contributed by atoms with Crippen molar-refractivity contribution in [1.29, 1.82) is 0 Å². The van der Waals surface area contributed by atoms with Gasteiger partial charge in [0.05, 0.1) is 6.61 Å². The van der Waals surface area contributed by atoms with Crippen LogP contribution in [0, 0.1) is 0 Å². The van der Waals surface area contributed by atoms with E-state index in [0.29, 0.717) is 0 Å². The second-order valence-corrected chi connectivity index (χ2v) is 4.55. The van der Waals surface area contributed by atoms with Gasteiger partial charge in [-0.1, -0.05) is 23.2 Å². The molecule has 4 heterocycles. The van der Waals surface area contributed by atoms with E-state index in [9.17, 15) is 5.11 Å². The van der Waals surface area contributed by atoms with E-state index in [0.717, 1.165) is 0 Å². The fourth-order valence-electron chi connectivity index (χ4n) is 1.87. The Morgan fingerprint density at radius 1 is 1.36 bits per heavy atom. The van der Waals surface area contributed by atoms with Crippen LogP contribution in [-0.2, 0) is 18.9 Å². The zero-order valence-corrected chi connectivity index (χ0v) is 8.44. The monoisotopic (exact) mass is 242 g/mol. The van der Waals surface area contributed by atoms with Crippen molar-refractivity contribution in [3.63, 3.8) is 0 Å². The molecule has 4 rings (SSSR count). The summed E-state index contributed by atoms with van der Waals surface area (Å²) < 4.78 is 21.3. The summed E-state index contributed by atoms with van der Waals surface area (Å²) in [4.78, 5) is -0.984. The van der Waals surface area contributed by atoms with Crippen LogP contribution in [0.3, 0.4) is 0 Å². The highest BCUT2D eigenvalue weighted by molar-refractivity contribution is 6.44. The molecule has 4 fully saturated rings. The lowest BCUT2D eigenvalue weighted by Gasteiger charge is -2.25. The average molecular weight is 243 g/mol. The van der Waals surface area contributed by atoms with Crippen LogP contribution in [-0.4, -0.2) is 47.1 Å². The standard InChI is InChI=1S/C7H8Cl2O5/c8-6(9)7-11-1-2-3(10)4(13-7)5(12-2)14-7/h2-6,10H,1H2/t2-,3-,4+,5+,7+/m1/s1. The number of ether oxygens (including phenoxy) is 4. The highest BCUT2D eigenvalue weighted by atomic mass is 35.5. The first-order chi connectivity index (χ1) is 6.62. The van der Waals surface area contributed by atoms with Crippen molar-refractivity contribution >= 4 is 23.2 Å². The molecule has 5 atom stereocenters. The van der Waals surface area contributed by atoms with Crippen molar-refractivity contribution in [3.05, 3.63) is 0 Å². The molecule has 4 aliphatic rings. The number of halogens is 2. The second-order valence-electron chi connectivity index (χ2n) is 3.45. The molecular weight excluding hydrogens is 235 g/mol. The van der Waals surface area contributed by atoms with Crippen LogP contribution < -0.4 is 0 Å². The Bertz CT molecular complexity index is 262. The van der Waals surface area contributed by atoms with Crippen molar-refractivity contribution in [2.75, 3.05) is 6.61 Å². The molecule has 0 unspecified atom stereocenters. The topological polar surface area (TPSA) is 57.2 Å². The maximum absolute atomic E-state index is 9.69. The van der Waals surface area contributed by atoms with Crippen LogP contribution in [0.2, 0.25) is 0 Å². The molecule has 0 aromatic carbocycles. The number of aliphatic hydroxyl groups excluding tert-OH is 1. The smallest absolute Gasteiger partial charge is 0.317 e.